The maximum absolute atomic E-state index is 11.4. The second-order valence-electron chi connectivity index (χ2n) is 3.09. The van der Waals surface area contributed by atoms with Gasteiger partial charge in [0.1, 0.15) is 5.82 Å². The van der Waals surface area contributed by atoms with Gasteiger partial charge in [0.15, 0.2) is 0 Å². The van der Waals surface area contributed by atoms with Crippen LogP contribution >= 0.6 is 0 Å². The van der Waals surface area contributed by atoms with Crippen LogP contribution in [0.4, 0.5) is 9.59 Å². The van der Waals surface area contributed by atoms with Crippen molar-refractivity contribution in [1.82, 2.24) is 15.8 Å². The van der Waals surface area contributed by atoms with E-state index in [-0.39, 0.29) is 0 Å². The van der Waals surface area contributed by atoms with Crippen molar-refractivity contribution in [3.63, 3.8) is 0 Å². The van der Waals surface area contributed by atoms with Gasteiger partial charge >= 0.3 is 12.2 Å². The molecule has 0 bridgehead atoms. The fourth-order valence-corrected chi connectivity index (χ4v) is 1.30. The number of ether oxygens (including phenoxy) is 2. The van der Waals surface area contributed by atoms with Gasteiger partial charge in [-0.25, -0.2) is 15.0 Å². The van der Waals surface area contributed by atoms with Crippen LogP contribution in [0, 0.1) is 0 Å². The summed E-state index contributed by atoms with van der Waals surface area (Å²) in [5, 5.41) is 0. The standard InChI is InChI=1S/C9H15N3O4/c1-15-8(13)11-10-7-5-3-4-6-12(7)9(14)16-2/h5,10H,3-4,6H2,1-2H3,(H,11,13). The first kappa shape index (κ1) is 12.2. The first-order chi connectivity index (χ1) is 7.69. The normalized spacial score (nSPS) is 14.9. The molecule has 1 aliphatic heterocycles. The average Bonchev–Trinajstić information content (AvgIpc) is 2.35. The lowest BCUT2D eigenvalue weighted by atomic mass is 10.2. The van der Waals surface area contributed by atoms with Gasteiger partial charge in [-0.15, -0.1) is 0 Å². The minimum absolute atomic E-state index is 0.467. The number of rotatable bonds is 2. The molecule has 0 atom stereocenters. The molecule has 0 spiro atoms. The lowest BCUT2D eigenvalue weighted by molar-refractivity contribution is 0.127. The molecule has 0 aromatic rings. The molecule has 2 amide bonds. The van der Waals surface area contributed by atoms with E-state index >= 15 is 0 Å². The number of hydrogen-bond acceptors (Lipinski definition) is 5. The zero-order chi connectivity index (χ0) is 12.0. The van der Waals surface area contributed by atoms with Gasteiger partial charge in [-0.3, -0.25) is 10.3 Å². The van der Waals surface area contributed by atoms with Gasteiger partial charge in [-0.1, -0.05) is 0 Å². The average molecular weight is 229 g/mol. The van der Waals surface area contributed by atoms with E-state index in [2.05, 4.69) is 20.3 Å². The van der Waals surface area contributed by atoms with E-state index in [9.17, 15) is 9.59 Å². The molecule has 0 aromatic carbocycles. The Kier molecular flexibility index (Phi) is 4.43. The van der Waals surface area contributed by atoms with Crippen LogP contribution in [0.3, 0.4) is 0 Å². The number of methoxy groups -OCH3 is 2. The SMILES string of the molecule is COC(=O)NNC1=CCCCN1C(=O)OC. The molecule has 7 nitrogen and oxygen atoms in total. The summed E-state index contributed by atoms with van der Waals surface area (Å²) in [4.78, 5) is 23.6. The number of carbonyl (C=O) groups is 2. The molecular weight excluding hydrogens is 214 g/mol. The number of amides is 2. The van der Waals surface area contributed by atoms with Crippen molar-refractivity contribution in [2.75, 3.05) is 20.8 Å². The Hall–Kier alpha value is -1.92. The maximum Gasteiger partial charge on any atom is 0.425 e. The molecule has 16 heavy (non-hydrogen) atoms. The van der Waals surface area contributed by atoms with Crippen LogP contribution in [0.2, 0.25) is 0 Å². The Morgan fingerprint density at radius 3 is 2.75 bits per heavy atom. The third-order valence-corrected chi connectivity index (χ3v) is 2.09. The van der Waals surface area contributed by atoms with Gasteiger partial charge in [-0.05, 0) is 18.9 Å². The lowest BCUT2D eigenvalue weighted by Gasteiger charge is -2.27. The fourth-order valence-electron chi connectivity index (χ4n) is 1.30. The zero-order valence-corrected chi connectivity index (χ0v) is 9.28. The highest BCUT2D eigenvalue weighted by molar-refractivity contribution is 5.70. The molecule has 2 N–H and O–H groups in total. The van der Waals surface area contributed by atoms with Crippen molar-refractivity contribution < 1.29 is 19.1 Å². The van der Waals surface area contributed by atoms with E-state index < -0.39 is 12.2 Å². The third kappa shape index (κ3) is 3.04. The van der Waals surface area contributed by atoms with Crippen molar-refractivity contribution in [1.29, 1.82) is 0 Å². The number of nitrogens with one attached hydrogen (secondary N) is 2. The van der Waals surface area contributed by atoms with Crippen LogP contribution in [0.25, 0.3) is 0 Å². The zero-order valence-electron chi connectivity index (χ0n) is 9.28. The van der Waals surface area contributed by atoms with Gasteiger partial charge in [0.05, 0.1) is 14.2 Å². The number of nitrogens with zero attached hydrogens (tertiary/aromatic N) is 1. The van der Waals surface area contributed by atoms with E-state index in [1.165, 1.54) is 19.1 Å². The van der Waals surface area contributed by atoms with E-state index in [4.69, 9.17) is 0 Å². The number of carbonyl (C=O) groups excluding carboxylic acids is 2. The Balaban J connectivity index is 2.57. The smallest absolute Gasteiger partial charge is 0.425 e. The number of allylic oxidation sites excluding steroid dienone is 1. The molecule has 0 aromatic heterocycles. The van der Waals surface area contributed by atoms with Gasteiger partial charge in [-0.2, -0.15) is 0 Å². The molecular formula is C9H15N3O4. The predicted molar refractivity (Wildman–Crippen MR) is 55.1 cm³/mol. The van der Waals surface area contributed by atoms with Crippen LogP contribution in [0.15, 0.2) is 11.9 Å². The van der Waals surface area contributed by atoms with Gasteiger partial charge in [0.2, 0.25) is 0 Å². The summed E-state index contributed by atoms with van der Waals surface area (Å²) in [5.74, 6) is 0.489. The summed E-state index contributed by atoms with van der Waals surface area (Å²) in [7, 11) is 2.56. The monoisotopic (exact) mass is 229 g/mol. The molecule has 0 aliphatic carbocycles. The second kappa shape index (κ2) is 5.84. The molecule has 1 rings (SSSR count). The summed E-state index contributed by atoms with van der Waals surface area (Å²) >= 11 is 0. The highest BCUT2D eigenvalue weighted by atomic mass is 16.5. The molecule has 1 aliphatic rings. The lowest BCUT2D eigenvalue weighted by Crippen LogP contribution is -2.46. The van der Waals surface area contributed by atoms with Gasteiger partial charge in [0, 0.05) is 6.54 Å². The Bertz CT molecular complexity index is 303. The molecule has 7 heteroatoms. The third-order valence-electron chi connectivity index (χ3n) is 2.09. The van der Waals surface area contributed by atoms with E-state index in [1.807, 2.05) is 0 Å². The molecule has 1 heterocycles. The van der Waals surface area contributed by atoms with Crippen LogP contribution in [0.1, 0.15) is 12.8 Å². The molecule has 0 radical (unpaired) electrons. The van der Waals surface area contributed by atoms with Crippen molar-refractivity contribution in [2.45, 2.75) is 12.8 Å². The summed E-state index contributed by atoms with van der Waals surface area (Å²) in [6.07, 6.45) is 2.40. The summed E-state index contributed by atoms with van der Waals surface area (Å²) in [6.45, 7) is 0.550. The topological polar surface area (TPSA) is 79.9 Å². The van der Waals surface area contributed by atoms with E-state index in [0.717, 1.165) is 12.8 Å². The minimum Gasteiger partial charge on any atom is -0.452 e. The van der Waals surface area contributed by atoms with E-state index in [0.29, 0.717) is 12.4 Å². The molecule has 0 saturated heterocycles. The van der Waals surface area contributed by atoms with E-state index in [1.54, 1.807) is 6.08 Å². The Morgan fingerprint density at radius 1 is 1.38 bits per heavy atom. The molecule has 0 unspecified atom stereocenters. The molecule has 0 fully saturated rings. The van der Waals surface area contributed by atoms with Gasteiger partial charge in [0.25, 0.3) is 0 Å². The maximum atomic E-state index is 11.4. The van der Waals surface area contributed by atoms with Crippen LogP contribution in [0.5, 0.6) is 0 Å². The Morgan fingerprint density at radius 2 is 2.12 bits per heavy atom. The quantitative estimate of drug-likeness (QED) is 0.676. The van der Waals surface area contributed by atoms with Crippen molar-refractivity contribution in [3.05, 3.63) is 11.9 Å². The minimum atomic E-state index is -0.628. The van der Waals surface area contributed by atoms with Crippen molar-refractivity contribution in [2.24, 2.45) is 0 Å². The number of hydrazine groups is 1. The predicted octanol–water partition coefficient (Wildman–Crippen LogP) is 0.551. The number of hydrogen-bond donors (Lipinski definition) is 2. The summed E-state index contributed by atoms with van der Waals surface area (Å²) < 4.78 is 9.00. The van der Waals surface area contributed by atoms with Crippen LogP contribution < -0.4 is 10.9 Å². The first-order valence-electron chi connectivity index (χ1n) is 4.84. The summed E-state index contributed by atoms with van der Waals surface area (Å²) in [6, 6.07) is 0. The van der Waals surface area contributed by atoms with Crippen LogP contribution in [-0.2, 0) is 9.47 Å². The fraction of sp³-hybridized carbons (Fsp3) is 0.556. The Labute approximate surface area is 93.3 Å². The summed E-state index contributed by atoms with van der Waals surface area (Å²) in [5.41, 5.74) is 4.88. The van der Waals surface area contributed by atoms with Gasteiger partial charge < -0.3 is 9.47 Å². The first-order valence-corrected chi connectivity index (χ1v) is 4.84. The second-order valence-corrected chi connectivity index (χ2v) is 3.09. The molecule has 0 saturated carbocycles. The highest BCUT2D eigenvalue weighted by Crippen LogP contribution is 2.12. The van der Waals surface area contributed by atoms with Crippen LogP contribution in [-0.4, -0.2) is 37.9 Å². The largest absolute Gasteiger partial charge is 0.452 e. The van der Waals surface area contributed by atoms with Crippen molar-refractivity contribution in [3.8, 4) is 0 Å². The molecule has 90 valence electrons. The highest BCUT2D eigenvalue weighted by Gasteiger charge is 2.21. The van der Waals surface area contributed by atoms with Crippen molar-refractivity contribution >= 4 is 12.2 Å².